The summed E-state index contributed by atoms with van der Waals surface area (Å²) in [7, 11) is 1.92. The number of fused-ring (bicyclic) bond motifs is 1. The number of amides is 1. The van der Waals surface area contributed by atoms with Crippen LogP contribution in [-0.2, 0) is 11.2 Å². The lowest BCUT2D eigenvalue weighted by Gasteiger charge is -2.25. The maximum Gasteiger partial charge on any atom is 0.226 e. The summed E-state index contributed by atoms with van der Waals surface area (Å²) in [6.07, 6.45) is 8.90. The number of aryl methyl sites for hydroxylation is 1. The quantitative estimate of drug-likeness (QED) is 0.840. The van der Waals surface area contributed by atoms with Crippen LogP contribution in [0.5, 0.6) is 0 Å². The van der Waals surface area contributed by atoms with Crippen LogP contribution in [0.2, 0.25) is 0 Å². The standard InChI is InChI=1S/C20H26N4O3/c1-24(16-9-14-11-17(25)12-15(14)10-16)19(26)4-2-3-18-22-20(23-27-18)13-5-7-21-8-6-13/h5-8,14-17,25H,2-4,9-12H2,1H3/t14-,15+,16?,17?. The summed E-state index contributed by atoms with van der Waals surface area (Å²) < 4.78 is 5.29. The first-order chi connectivity index (χ1) is 13.1. The minimum Gasteiger partial charge on any atom is -0.393 e. The number of hydrogen-bond donors (Lipinski definition) is 1. The Balaban J connectivity index is 1.24. The third kappa shape index (κ3) is 4.03. The summed E-state index contributed by atoms with van der Waals surface area (Å²) in [5, 5.41) is 13.8. The Bertz CT molecular complexity index is 765. The molecular weight excluding hydrogens is 344 g/mol. The monoisotopic (exact) mass is 370 g/mol. The summed E-state index contributed by atoms with van der Waals surface area (Å²) >= 11 is 0. The fourth-order valence-corrected chi connectivity index (χ4v) is 4.61. The molecule has 0 radical (unpaired) electrons. The van der Waals surface area contributed by atoms with Crippen LogP contribution in [0, 0.1) is 11.8 Å². The highest BCUT2D eigenvalue weighted by molar-refractivity contribution is 5.76. The van der Waals surface area contributed by atoms with Crippen LogP contribution in [-0.4, -0.2) is 50.2 Å². The SMILES string of the molecule is CN(C(=O)CCCc1nc(-c2ccncc2)no1)C1C[C@H]2CC(O)C[C@H]2C1. The van der Waals surface area contributed by atoms with E-state index in [-0.39, 0.29) is 12.0 Å². The van der Waals surface area contributed by atoms with E-state index in [1.54, 1.807) is 12.4 Å². The van der Waals surface area contributed by atoms with Gasteiger partial charge in [-0.2, -0.15) is 4.98 Å². The molecule has 0 spiro atoms. The molecule has 0 saturated heterocycles. The van der Waals surface area contributed by atoms with Crippen molar-refractivity contribution in [3.8, 4) is 11.4 Å². The molecule has 144 valence electrons. The number of hydrogen-bond acceptors (Lipinski definition) is 6. The van der Waals surface area contributed by atoms with Gasteiger partial charge in [-0.15, -0.1) is 0 Å². The van der Waals surface area contributed by atoms with Crippen molar-refractivity contribution in [3.05, 3.63) is 30.4 Å². The van der Waals surface area contributed by atoms with Crippen LogP contribution in [0.4, 0.5) is 0 Å². The van der Waals surface area contributed by atoms with Crippen LogP contribution in [0.25, 0.3) is 11.4 Å². The minimum atomic E-state index is -0.131. The number of aliphatic hydroxyl groups excluding tert-OH is 1. The highest BCUT2D eigenvalue weighted by Gasteiger charge is 2.42. The van der Waals surface area contributed by atoms with Gasteiger partial charge in [0, 0.05) is 43.9 Å². The molecule has 4 rings (SSSR count). The summed E-state index contributed by atoms with van der Waals surface area (Å²) in [6, 6.07) is 3.99. The Labute approximate surface area is 158 Å². The number of rotatable bonds is 6. The Morgan fingerprint density at radius 1 is 1.22 bits per heavy atom. The molecule has 1 amide bonds. The Morgan fingerprint density at radius 2 is 1.93 bits per heavy atom. The largest absolute Gasteiger partial charge is 0.393 e. The molecule has 0 bridgehead atoms. The van der Waals surface area contributed by atoms with Crippen molar-refractivity contribution in [1.29, 1.82) is 0 Å². The lowest BCUT2D eigenvalue weighted by molar-refractivity contribution is -0.132. The predicted molar refractivity (Wildman–Crippen MR) is 98.5 cm³/mol. The van der Waals surface area contributed by atoms with Crippen LogP contribution in [0.3, 0.4) is 0 Å². The molecule has 7 nitrogen and oxygen atoms in total. The third-order valence-corrected chi connectivity index (χ3v) is 6.09. The molecule has 2 aliphatic carbocycles. The van der Waals surface area contributed by atoms with Gasteiger partial charge < -0.3 is 14.5 Å². The number of pyridine rings is 1. The fraction of sp³-hybridized carbons (Fsp3) is 0.600. The van der Waals surface area contributed by atoms with Gasteiger partial charge in [-0.1, -0.05) is 5.16 Å². The highest BCUT2D eigenvalue weighted by atomic mass is 16.5. The van der Waals surface area contributed by atoms with Gasteiger partial charge in [-0.3, -0.25) is 9.78 Å². The molecule has 4 atom stereocenters. The first-order valence-corrected chi connectivity index (χ1v) is 9.77. The Morgan fingerprint density at radius 3 is 2.63 bits per heavy atom. The summed E-state index contributed by atoms with van der Waals surface area (Å²) in [6.45, 7) is 0. The second kappa shape index (κ2) is 7.76. The van der Waals surface area contributed by atoms with Crippen molar-refractivity contribution in [1.82, 2.24) is 20.0 Å². The van der Waals surface area contributed by atoms with Gasteiger partial charge >= 0.3 is 0 Å². The minimum absolute atomic E-state index is 0.131. The van der Waals surface area contributed by atoms with E-state index in [4.69, 9.17) is 4.52 Å². The second-order valence-electron chi connectivity index (χ2n) is 7.88. The molecular formula is C20H26N4O3. The molecule has 0 aromatic carbocycles. The topological polar surface area (TPSA) is 92.4 Å². The van der Waals surface area contributed by atoms with E-state index in [1.165, 1.54) is 0 Å². The zero-order chi connectivity index (χ0) is 18.8. The van der Waals surface area contributed by atoms with Crippen LogP contribution < -0.4 is 0 Å². The predicted octanol–water partition coefficient (Wildman–Crippen LogP) is 2.46. The number of carbonyl (C=O) groups excluding carboxylic acids is 1. The van der Waals surface area contributed by atoms with Crippen LogP contribution in [0.15, 0.2) is 29.0 Å². The average Bonchev–Trinajstić information content (AvgIpc) is 3.36. The smallest absolute Gasteiger partial charge is 0.226 e. The van der Waals surface area contributed by atoms with E-state index in [0.29, 0.717) is 48.9 Å². The van der Waals surface area contributed by atoms with Gasteiger partial charge in [0.25, 0.3) is 0 Å². The second-order valence-corrected chi connectivity index (χ2v) is 7.88. The van der Waals surface area contributed by atoms with E-state index in [0.717, 1.165) is 31.2 Å². The molecule has 2 aliphatic rings. The van der Waals surface area contributed by atoms with E-state index in [9.17, 15) is 9.90 Å². The molecule has 2 unspecified atom stereocenters. The summed E-state index contributed by atoms with van der Waals surface area (Å²) in [5.74, 6) is 2.46. The number of carbonyl (C=O) groups is 1. The number of aromatic nitrogens is 3. The third-order valence-electron chi connectivity index (χ3n) is 6.09. The number of aliphatic hydroxyl groups is 1. The Kier molecular flexibility index (Phi) is 5.20. The van der Waals surface area contributed by atoms with Crippen molar-refractivity contribution in [3.63, 3.8) is 0 Å². The first-order valence-electron chi connectivity index (χ1n) is 9.77. The van der Waals surface area contributed by atoms with Crippen LogP contribution in [0.1, 0.15) is 44.4 Å². The zero-order valence-corrected chi connectivity index (χ0v) is 15.6. The maximum atomic E-state index is 12.5. The van der Waals surface area contributed by atoms with Crippen LogP contribution >= 0.6 is 0 Å². The molecule has 2 fully saturated rings. The highest BCUT2D eigenvalue weighted by Crippen LogP contribution is 2.45. The van der Waals surface area contributed by atoms with Crippen molar-refractivity contribution >= 4 is 5.91 Å². The lowest BCUT2D eigenvalue weighted by Crippen LogP contribution is -2.35. The van der Waals surface area contributed by atoms with E-state index < -0.39 is 0 Å². The Hall–Kier alpha value is -2.28. The average molecular weight is 370 g/mol. The maximum absolute atomic E-state index is 12.5. The molecule has 2 heterocycles. The summed E-state index contributed by atoms with van der Waals surface area (Å²) in [4.78, 5) is 22.8. The fourth-order valence-electron chi connectivity index (χ4n) is 4.61. The van der Waals surface area contributed by atoms with Gasteiger partial charge in [-0.05, 0) is 56.1 Å². The number of nitrogens with zero attached hydrogens (tertiary/aromatic N) is 4. The summed E-state index contributed by atoms with van der Waals surface area (Å²) in [5.41, 5.74) is 0.868. The van der Waals surface area contributed by atoms with Gasteiger partial charge in [0.2, 0.25) is 17.6 Å². The van der Waals surface area contributed by atoms with E-state index >= 15 is 0 Å². The van der Waals surface area contributed by atoms with Crippen molar-refractivity contribution < 1.29 is 14.4 Å². The zero-order valence-electron chi connectivity index (χ0n) is 15.6. The van der Waals surface area contributed by atoms with Crippen molar-refractivity contribution in [2.75, 3.05) is 7.05 Å². The van der Waals surface area contributed by atoms with E-state index in [1.807, 2.05) is 24.1 Å². The molecule has 2 aromatic rings. The molecule has 1 N–H and O–H groups in total. The van der Waals surface area contributed by atoms with Gasteiger partial charge in [-0.25, -0.2) is 0 Å². The lowest BCUT2D eigenvalue weighted by atomic mass is 10.0. The molecule has 27 heavy (non-hydrogen) atoms. The first kappa shape index (κ1) is 18.1. The van der Waals surface area contributed by atoms with Gasteiger partial charge in [0.1, 0.15) is 0 Å². The van der Waals surface area contributed by atoms with E-state index in [2.05, 4.69) is 15.1 Å². The molecule has 2 saturated carbocycles. The van der Waals surface area contributed by atoms with Crippen molar-refractivity contribution in [2.24, 2.45) is 11.8 Å². The molecule has 7 heteroatoms. The van der Waals surface area contributed by atoms with Gasteiger partial charge in [0.05, 0.1) is 6.10 Å². The van der Waals surface area contributed by atoms with Crippen molar-refractivity contribution in [2.45, 2.75) is 57.1 Å². The molecule has 0 aliphatic heterocycles. The normalized spacial score (nSPS) is 26.9. The van der Waals surface area contributed by atoms with Gasteiger partial charge in [0.15, 0.2) is 0 Å². The molecule has 2 aromatic heterocycles.